The van der Waals surface area contributed by atoms with E-state index in [1.165, 1.54) is 42.5 Å². The maximum atomic E-state index is 12.6. The molecule has 9 N–H and O–H groups in total. The largest absolute Gasteiger partial charge is 0.383 e. The SMILES string of the molecule is C=CC(=O)N1CCCC(n2nc(-c3ccc(C(=O)Nc4ccccn4)cc3)c3c(N)ncnc32)C1.C=CC(=O)N1CCCC(n2nc(-c3ccc(C(=O)Nc4nccs4)cc3)c3c(N)ncnc32)C1.CC#CC(=O)N1CCCC(n2nc(-c3ccc(C(=O)Nc4ccccn4)cc3)c3c(N)ncnc32)C1. The Morgan fingerprint density at radius 1 is 0.467 bits per heavy atom. The maximum Gasteiger partial charge on any atom is 0.298 e. The second-order valence-corrected chi connectivity index (χ2v) is 25.5. The minimum atomic E-state index is -0.263. The number of fused-ring (bicyclic) bond motifs is 3. The number of piperidine rings is 3. The molecule has 0 spiro atoms. The van der Waals surface area contributed by atoms with Crippen molar-refractivity contribution in [1.82, 2.24) is 88.9 Å². The molecule has 30 nitrogen and oxygen atoms in total. The molecule has 3 fully saturated rings. The van der Waals surface area contributed by atoms with E-state index >= 15 is 0 Å². The van der Waals surface area contributed by atoms with E-state index in [0.717, 1.165) is 55.2 Å². The summed E-state index contributed by atoms with van der Waals surface area (Å²) in [6, 6.07) is 31.7. The lowest BCUT2D eigenvalue weighted by atomic mass is 10.1. The standard InChI is InChI=1S/C26H24N8O2.C25H24N8O2.C23H22N8O2S/c1-2-6-21(35)33-14-5-7-19(15-33)34-25-22(24(27)29-16-30-25)23(32-34)17-9-11-18(12-10-17)26(36)31-20-8-3-4-13-28-20;1-2-20(34)32-13-5-6-18(14-32)33-24-21(23(26)28-15-29-24)22(31-33)16-8-10-17(11-9-16)25(35)30-19-7-3-4-12-27-19;1-2-17(32)30-10-3-4-16(12-30)31-21-18(20(24)26-13-27-21)19(29-31)14-5-7-15(8-6-14)22(33)28-23-25-9-11-34-23/h3-4,8-13,16,19H,5,7,14-15H2,1H3,(H2,27,29,30)(H,28,31,36);2-4,7-12,15,18H,1,5-6,13-14H2,(H2,26,28,29)(H,27,30,35);2,5-9,11,13,16H,1,3-4,10,12H2,(H2,24,26,27)(H,25,28,33). The lowest BCUT2D eigenvalue weighted by molar-refractivity contribution is -0.128. The third-order valence-electron chi connectivity index (χ3n) is 18.0. The molecule has 0 aliphatic carbocycles. The number of nitrogens with two attached hydrogens (primary N) is 3. The molecule has 31 heteroatoms. The first kappa shape index (κ1) is 70.0. The Bertz CT molecular complexity index is 5290. The molecule has 0 radical (unpaired) electrons. The van der Waals surface area contributed by atoms with E-state index in [1.807, 2.05) is 50.4 Å². The zero-order valence-corrected chi connectivity index (χ0v) is 57.7. The van der Waals surface area contributed by atoms with Gasteiger partial charge >= 0.3 is 0 Å². The van der Waals surface area contributed by atoms with Crippen LogP contribution in [-0.2, 0) is 14.4 Å². The molecular weight excluding hydrogens is 1350 g/mol. The van der Waals surface area contributed by atoms with Crippen LogP contribution in [0.3, 0.4) is 0 Å². The van der Waals surface area contributed by atoms with Gasteiger partial charge in [0.25, 0.3) is 23.6 Å². The van der Waals surface area contributed by atoms with Gasteiger partial charge in [-0.05, 0) is 124 Å². The third kappa shape index (κ3) is 15.4. The van der Waals surface area contributed by atoms with Gasteiger partial charge in [-0.15, -0.1) is 11.3 Å². The van der Waals surface area contributed by atoms with Crippen molar-refractivity contribution in [2.75, 3.05) is 72.4 Å². The molecule has 3 aliphatic rings. The van der Waals surface area contributed by atoms with Crippen LogP contribution in [0.2, 0.25) is 0 Å². The number of hydrogen-bond donors (Lipinski definition) is 6. The first-order chi connectivity index (χ1) is 51.1. The smallest absolute Gasteiger partial charge is 0.298 e. The molecule has 3 atom stereocenters. The summed E-state index contributed by atoms with van der Waals surface area (Å²) in [4.78, 5) is 118. The molecule has 105 heavy (non-hydrogen) atoms. The first-order valence-electron chi connectivity index (χ1n) is 33.6. The van der Waals surface area contributed by atoms with E-state index in [9.17, 15) is 28.8 Å². The summed E-state index contributed by atoms with van der Waals surface area (Å²) in [5.41, 5.74) is 26.3. The molecule has 0 bridgehead atoms. The molecule has 12 aromatic rings. The summed E-state index contributed by atoms with van der Waals surface area (Å²) in [6.07, 6.45) is 16.9. The molecule has 3 saturated heterocycles. The van der Waals surface area contributed by atoms with Crippen molar-refractivity contribution in [2.45, 2.75) is 63.6 Å². The molecule has 12 heterocycles. The van der Waals surface area contributed by atoms with Crippen molar-refractivity contribution in [3.8, 4) is 45.6 Å². The highest BCUT2D eigenvalue weighted by atomic mass is 32.1. The summed E-state index contributed by atoms with van der Waals surface area (Å²) < 4.78 is 5.52. The number of benzene rings is 3. The van der Waals surface area contributed by atoms with Gasteiger partial charge in [0.15, 0.2) is 22.1 Å². The number of rotatable bonds is 14. The number of pyridine rings is 2. The minimum Gasteiger partial charge on any atom is -0.383 e. The van der Waals surface area contributed by atoms with Crippen molar-refractivity contribution in [3.05, 3.63) is 194 Å². The van der Waals surface area contributed by atoms with E-state index in [2.05, 4.69) is 85.8 Å². The van der Waals surface area contributed by atoms with Gasteiger partial charge in [0.05, 0.1) is 34.3 Å². The van der Waals surface area contributed by atoms with Gasteiger partial charge in [-0.25, -0.2) is 58.9 Å². The zero-order chi connectivity index (χ0) is 73.1. The molecule has 3 aliphatic heterocycles. The number of carbonyl (C=O) groups excluding carboxylic acids is 6. The summed E-state index contributed by atoms with van der Waals surface area (Å²) in [6.45, 7) is 12.4. The maximum absolute atomic E-state index is 12.6. The lowest BCUT2D eigenvalue weighted by Crippen LogP contribution is -2.40. The van der Waals surface area contributed by atoms with Crippen molar-refractivity contribution in [3.63, 3.8) is 0 Å². The Hall–Kier alpha value is -13.5. The predicted octanol–water partition coefficient (Wildman–Crippen LogP) is 9.12. The van der Waals surface area contributed by atoms with E-state index < -0.39 is 0 Å². The quantitative estimate of drug-likeness (QED) is 0.0436. The fraction of sp³-hybridized carbons (Fsp3) is 0.216. The van der Waals surface area contributed by atoms with Crippen LogP contribution in [-0.4, -0.2) is 164 Å². The van der Waals surface area contributed by atoms with E-state index in [-0.39, 0.29) is 53.6 Å². The molecule has 3 unspecified atom stereocenters. The van der Waals surface area contributed by atoms with Crippen LogP contribution in [0, 0.1) is 11.8 Å². The highest BCUT2D eigenvalue weighted by Crippen LogP contribution is 2.38. The zero-order valence-electron chi connectivity index (χ0n) is 56.9. The number of nitrogens with zero attached hydrogens (tertiary/aromatic N) is 18. The van der Waals surface area contributed by atoms with Crippen LogP contribution in [0.15, 0.2) is 177 Å². The van der Waals surface area contributed by atoms with Crippen LogP contribution < -0.4 is 33.2 Å². The first-order valence-corrected chi connectivity index (χ1v) is 34.5. The van der Waals surface area contributed by atoms with E-state index in [0.29, 0.717) is 140 Å². The van der Waals surface area contributed by atoms with Crippen LogP contribution in [0.5, 0.6) is 0 Å². The molecule has 3 aromatic carbocycles. The van der Waals surface area contributed by atoms with Crippen LogP contribution >= 0.6 is 11.3 Å². The Labute approximate surface area is 604 Å². The average Bonchev–Trinajstić information content (AvgIpc) is 1.63. The van der Waals surface area contributed by atoms with Gasteiger partial charge in [-0.2, -0.15) is 15.3 Å². The summed E-state index contributed by atoms with van der Waals surface area (Å²) in [7, 11) is 0. The topological polar surface area (TPSA) is 396 Å². The van der Waals surface area contributed by atoms with Crippen molar-refractivity contribution in [1.29, 1.82) is 0 Å². The summed E-state index contributed by atoms with van der Waals surface area (Å²) in [5.74, 6) is 6.07. The van der Waals surface area contributed by atoms with Gasteiger partial charge in [0.1, 0.15) is 65.2 Å². The monoisotopic (exact) mass is 1420 g/mol. The normalized spacial score (nSPS) is 15.6. The van der Waals surface area contributed by atoms with Crippen molar-refractivity contribution < 1.29 is 28.8 Å². The number of amides is 6. The highest BCUT2D eigenvalue weighted by molar-refractivity contribution is 7.13. The molecular formula is C74H70N24O6S. The molecule has 528 valence electrons. The number of aromatic nitrogens is 15. The number of hydrogen-bond acceptors (Lipinski definition) is 22. The minimum absolute atomic E-state index is 0.0495. The number of anilines is 6. The van der Waals surface area contributed by atoms with Crippen LogP contribution in [0.1, 0.15) is 94.6 Å². The number of thiazole rings is 1. The lowest BCUT2D eigenvalue weighted by Gasteiger charge is -2.32. The molecule has 0 saturated carbocycles. The molecule has 6 amide bonds. The molecule has 15 rings (SSSR count). The van der Waals surface area contributed by atoms with E-state index in [4.69, 9.17) is 32.5 Å². The Balaban J connectivity index is 0.000000140. The number of nitrogen functional groups attached to an aromatic ring is 3. The Morgan fingerprint density at radius 3 is 1.18 bits per heavy atom. The van der Waals surface area contributed by atoms with Crippen molar-refractivity contribution in [2.24, 2.45) is 0 Å². The number of carbonyl (C=O) groups is 6. The predicted molar refractivity (Wildman–Crippen MR) is 398 cm³/mol. The van der Waals surface area contributed by atoms with Gasteiger partial charge in [-0.3, -0.25) is 34.1 Å². The van der Waals surface area contributed by atoms with Crippen molar-refractivity contribution >= 4 is 114 Å². The second-order valence-electron chi connectivity index (χ2n) is 24.6. The fourth-order valence-corrected chi connectivity index (χ4v) is 13.4. The Morgan fingerprint density at radius 2 is 0.838 bits per heavy atom. The van der Waals surface area contributed by atoms with E-state index in [1.54, 1.807) is 118 Å². The summed E-state index contributed by atoms with van der Waals surface area (Å²) >= 11 is 1.35. The van der Waals surface area contributed by atoms with Crippen LogP contribution in [0.4, 0.5) is 34.2 Å². The van der Waals surface area contributed by atoms with Crippen LogP contribution in [0.25, 0.3) is 66.9 Å². The molecule has 9 aromatic heterocycles. The van der Waals surface area contributed by atoms with Gasteiger partial charge in [-0.1, -0.05) is 67.6 Å². The third-order valence-corrected chi connectivity index (χ3v) is 18.7. The fourth-order valence-electron chi connectivity index (χ4n) is 12.9. The van der Waals surface area contributed by atoms with Gasteiger partial charge < -0.3 is 42.5 Å². The number of nitrogens with one attached hydrogen (secondary N) is 3. The van der Waals surface area contributed by atoms with Gasteiger partial charge in [0, 0.05) is 96.6 Å². The number of likely N-dealkylation sites (tertiary alicyclic amines) is 3. The summed E-state index contributed by atoms with van der Waals surface area (Å²) in [5, 5.41) is 27.2. The van der Waals surface area contributed by atoms with Gasteiger partial charge in [0.2, 0.25) is 11.8 Å². The Kier molecular flexibility index (Phi) is 21.0. The average molecular weight is 1420 g/mol. The highest BCUT2D eigenvalue weighted by Gasteiger charge is 2.32. The second kappa shape index (κ2) is 31.6.